The van der Waals surface area contributed by atoms with E-state index in [0.717, 1.165) is 0 Å². The van der Waals surface area contributed by atoms with E-state index in [-0.39, 0.29) is 62.6 Å². The van der Waals surface area contributed by atoms with Gasteiger partial charge in [-0.1, -0.05) is 0 Å². The van der Waals surface area contributed by atoms with Crippen LogP contribution in [0, 0.1) is 0 Å². The fraction of sp³-hybridized carbons (Fsp3) is 0. The predicted molar refractivity (Wildman–Crippen MR) is 27.3 cm³/mol. The Morgan fingerprint density at radius 2 is 1.17 bits per heavy atom. The molecule has 0 spiro atoms. The Morgan fingerprint density at radius 1 is 1.17 bits per heavy atom. The molecule has 6 heavy (non-hydrogen) atoms. The van der Waals surface area contributed by atoms with Crippen LogP contribution in [-0.4, -0.2) is 3.53 Å². The molecule has 0 rings (SSSR count). The van der Waals surface area contributed by atoms with Gasteiger partial charge in [-0.15, -0.1) is 0 Å². The van der Waals surface area contributed by atoms with Crippen molar-refractivity contribution in [1.82, 2.24) is 0 Å². The molecule has 0 fully saturated rings. The van der Waals surface area contributed by atoms with Crippen LogP contribution in [0.5, 0.6) is 0 Å². The van der Waals surface area contributed by atoms with Gasteiger partial charge < -0.3 is 37.5 Å². The maximum absolute atomic E-state index is 4.17. The smallest absolute Gasteiger partial charge is 0.570 e. The summed E-state index contributed by atoms with van der Waals surface area (Å²) in [7, 11) is 0. The van der Waals surface area contributed by atoms with Crippen molar-refractivity contribution in [2.24, 2.45) is 0 Å². The third-order valence-electron chi connectivity index (χ3n) is 0. The van der Waals surface area contributed by atoms with E-state index in [1.165, 1.54) is 0 Å². The summed E-state index contributed by atoms with van der Waals surface area (Å²) in [5.74, 6) is 0. The first-order valence-electron chi connectivity index (χ1n) is 0.612. The normalized spacial score (nSPS) is 4.00. The van der Waals surface area contributed by atoms with Gasteiger partial charge in [-0.2, -0.15) is 0 Å². The molecule has 0 saturated heterocycles. The fourth-order valence-corrected chi connectivity index (χ4v) is 0. The van der Waals surface area contributed by atoms with Gasteiger partial charge in [0.15, 0.2) is 0 Å². The molecule has 0 heterocycles. The van der Waals surface area contributed by atoms with Gasteiger partial charge >= 0.3 is 59.1 Å². The molecule has 5 heteroatoms. The molecule has 0 saturated carbocycles. The fourth-order valence-electron chi connectivity index (χ4n) is 0. The minimum atomic E-state index is 0. The average molecular weight is 154 g/mol. The summed E-state index contributed by atoms with van der Waals surface area (Å²) in [5, 5.41) is 0. The Morgan fingerprint density at radius 3 is 1.17 bits per heavy atom. The zero-order valence-electron chi connectivity index (χ0n) is 3.72. The molecule has 0 radical (unpaired) electrons. The van der Waals surface area contributed by atoms with E-state index in [1.54, 1.807) is 0 Å². The molecule has 0 aliphatic rings. The van der Waals surface area contributed by atoms with Gasteiger partial charge in [0.05, 0.1) is 0 Å². The van der Waals surface area contributed by atoms with Crippen molar-refractivity contribution in [2.75, 3.05) is 0 Å². The van der Waals surface area contributed by atoms with Crippen LogP contribution < -0.4 is 59.1 Å². The Hall–Kier alpha value is 2.53. The SMILES string of the molecule is S=C([S-])[S-].[Na+].[Na+]. The largest absolute Gasteiger partial charge is 1.00 e. The van der Waals surface area contributed by atoms with Crippen molar-refractivity contribution in [3.63, 3.8) is 0 Å². The van der Waals surface area contributed by atoms with Gasteiger partial charge in [0, 0.05) is 0 Å². The summed E-state index contributed by atoms with van der Waals surface area (Å²) < 4.78 is 0.167. The monoisotopic (exact) mass is 154 g/mol. The summed E-state index contributed by atoms with van der Waals surface area (Å²) in [6.45, 7) is 0. The molecule has 24 valence electrons. The first-order valence-corrected chi connectivity index (χ1v) is 1.84. The molecule has 0 amide bonds. The molecule has 0 aliphatic carbocycles. The van der Waals surface area contributed by atoms with Crippen molar-refractivity contribution in [3.05, 3.63) is 0 Å². The topological polar surface area (TPSA) is 0 Å². The van der Waals surface area contributed by atoms with Crippen LogP contribution >= 0.6 is 12.2 Å². The maximum Gasteiger partial charge on any atom is 1.00 e. The molecule has 0 aromatic heterocycles. The maximum atomic E-state index is 4.17. The van der Waals surface area contributed by atoms with E-state index in [2.05, 4.69) is 37.5 Å². The average Bonchev–Trinajstić information content (AvgIpc) is 0.811. The molecule has 0 bridgehead atoms. The minimum Gasteiger partial charge on any atom is -0.570 e. The molecule has 0 aromatic carbocycles. The first kappa shape index (κ1) is 15.8. The van der Waals surface area contributed by atoms with Crippen molar-refractivity contribution in [3.8, 4) is 0 Å². The third kappa shape index (κ3) is 31.2. The Labute approximate surface area is 98.2 Å². The van der Waals surface area contributed by atoms with Crippen LogP contribution in [0.3, 0.4) is 0 Å². The predicted octanol–water partition coefficient (Wildman–Crippen LogP) is -5.63. The zero-order chi connectivity index (χ0) is 3.58. The van der Waals surface area contributed by atoms with Gasteiger partial charge in [-0.25, -0.2) is 0 Å². The van der Waals surface area contributed by atoms with Crippen molar-refractivity contribution < 1.29 is 59.1 Å². The van der Waals surface area contributed by atoms with Crippen LogP contribution in [0.4, 0.5) is 0 Å². The standard InChI is InChI=1S/CH2S3.2Na/c2-1(3)4;;/h(H2,2,3,4);;/q;2*+1/p-2. The van der Waals surface area contributed by atoms with E-state index in [1.807, 2.05) is 0 Å². The second kappa shape index (κ2) is 10.5. The molecule has 0 N–H and O–H groups in total. The molecule has 0 unspecified atom stereocenters. The van der Waals surface area contributed by atoms with Crippen molar-refractivity contribution >= 4 is 41.0 Å². The van der Waals surface area contributed by atoms with Crippen LogP contribution in [0.25, 0.3) is 0 Å². The second-order valence-electron chi connectivity index (χ2n) is 0.250. The number of hydrogen-bond acceptors (Lipinski definition) is 3. The van der Waals surface area contributed by atoms with E-state index >= 15 is 0 Å². The Bertz CT molecular complexity index is 31.8. The van der Waals surface area contributed by atoms with Gasteiger partial charge in [-0.05, 0) is 0 Å². The molecule has 0 atom stereocenters. The number of rotatable bonds is 0. The van der Waals surface area contributed by atoms with Gasteiger partial charge in [0.25, 0.3) is 0 Å². The molecule has 0 nitrogen and oxygen atoms in total. The van der Waals surface area contributed by atoms with E-state index in [4.69, 9.17) is 0 Å². The summed E-state index contributed by atoms with van der Waals surface area (Å²) in [6.07, 6.45) is 0. The van der Waals surface area contributed by atoms with Crippen molar-refractivity contribution in [2.45, 2.75) is 0 Å². The zero-order valence-corrected chi connectivity index (χ0v) is 10.2. The Balaban J connectivity index is -0.0000000450. The Kier molecular flexibility index (Phi) is 27.7. The van der Waals surface area contributed by atoms with Crippen LogP contribution in [0.1, 0.15) is 0 Å². The van der Waals surface area contributed by atoms with E-state index in [0.29, 0.717) is 0 Å². The summed E-state index contributed by atoms with van der Waals surface area (Å²) in [6, 6.07) is 0. The van der Waals surface area contributed by atoms with Crippen LogP contribution in [-0.2, 0) is 25.3 Å². The van der Waals surface area contributed by atoms with Gasteiger partial charge in [-0.3, -0.25) is 3.53 Å². The quantitative estimate of drug-likeness (QED) is 0.194. The van der Waals surface area contributed by atoms with Gasteiger partial charge in [0.1, 0.15) is 0 Å². The number of thiocarbonyl (C=S) groups is 1. The minimum absolute atomic E-state index is 0. The summed E-state index contributed by atoms with van der Waals surface area (Å²) in [4.78, 5) is 0. The van der Waals surface area contributed by atoms with E-state index < -0.39 is 0 Å². The molecular weight excluding hydrogens is 154 g/mol. The number of hydrogen-bond donors (Lipinski definition) is 0. The van der Waals surface area contributed by atoms with Crippen LogP contribution in [0.15, 0.2) is 0 Å². The van der Waals surface area contributed by atoms with Crippen molar-refractivity contribution in [1.29, 1.82) is 0 Å². The first-order chi connectivity index (χ1) is 1.73. The van der Waals surface area contributed by atoms with E-state index in [9.17, 15) is 0 Å². The molecular formula is CNa2S3. The van der Waals surface area contributed by atoms with Crippen LogP contribution in [0.2, 0.25) is 0 Å². The second-order valence-corrected chi connectivity index (χ2v) is 2.25. The molecule has 0 aliphatic heterocycles. The molecule has 0 aromatic rings. The summed E-state index contributed by atoms with van der Waals surface area (Å²) >= 11 is 12.5. The van der Waals surface area contributed by atoms with Gasteiger partial charge in [0.2, 0.25) is 0 Å². The third-order valence-corrected chi connectivity index (χ3v) is 0. The summed E-state index contributed by atoms with van der Waals surface area (Å²) in [5.41, 5.74) is 0.